The number of nitro groups is 1. The molecule has 0 atom stereocenters. The second kappa shape index (κ2) is 10.8. The van der Waals surface area contributed by atoms with Crippen LogP contribution in [0, 0.1) is 10.1 Å². The van der Waals surface area contributed by atoms with E-state index >= 15 is 0 Å². The molecule has 0 fully saturated rings. The van der Waals surface area contributed by atoms with Crippen molar-refractivity contribution in [2.24, 2.45) is 5.10 Å². The molecule has 9 nitrogen and oxygen atoms in total. The standard InChI is InChI=1S/C23H25ClN6O3S/c1-5-29-21(16-7-9-17(10-8-16)23(2,3)4)27-28-22(29)34-14-20(31)26-25-13-15-6-11-18(24)19(12-15)30(32)33/h6-13H,5,14H2,1-4H3,(H,26,31)/b25-13-. The predicted molar refractivity (Wildman–Crippen MR) is 134 cm³/mol. The van der Waals surface area contributed by atoms with Crippen LogP contribution in [0.4, 0.5) is 5.69 Å². The molecule has 1 N–H and O–H groups in total. The molecule has 0 radical (unpaired) electrons. The number of hydrazone groups is 1. The summed E-state index contributed by atoms with van der Waals surface area (Å²) >= 11 is 7.05. The molecule has 34 heavy (non-hydrogen) atoms. The van der Waals surface area contributed by atoms with E-state index in [0.717, 1.165) is 11.4 Å². The number of aromatic nitrogens is 3. The molecule has 3 rings (SSSR count). The first-order valence-electron chi connectivity index (χ1n) is 10.5. The van der Waals surface area contributed by atoms with E-state index < -0.39 is 4.92 Å². The van der Waals surface area contributed by atoms with Gasteiger partial charge in [0, 0.05) is 23.7 Å². The first-order chi connectivity index (χ1) is 16.1. The Kier molecular flexibility index (Phi) is 8.06. The van der Waals surface area contributed by atoms with Crippen LogP contribution in [0.1, 0.15) is 38.8 Å². The maximum absolute atomic E-state index is 12.2. The van der Waals surface area contributed by atoms with E-state index in [1.165, 1.54) is 35.7 Å². The van der Waals surface area contributed by atoms with E-state index in [1.807, 2.05) is 23.6 Å². The van der Waals surface area contributed by atoms with Crippen LogP contribution in [-0.2, 0) is 16.8 Å². The summed E-state index contributed by atoms with van der Waals surface area (Å²) in [4.78, 5) is 22.6. The number of halogens is 1. The SMILES string of the molecule is CCn1c(SCC(=O)N/N=C\c2ccc(Cl)c([N+](=O)[O-])c2)nnc1-c1ccc(C(C)(C)C)cc1. The van der Waals surface area contributed by atoms with Crippen LogP contribution in [0.15, 0.2) is 52.7 Å². The van der Waals surface area contributed by atoms with Gasteiger partial charge in [0.15, 0.2) is 11.0 Å². The Labute approximate surface area is 206 Å². The highest BCUT2D eigenvalue weighted by Gasteiger charge is 2.17. The number of benzene rings is 2. The quantitative estimate of drug-likeness (QED) is 0.200. The summed E-state index contributed by atoms with van der Waals surface area (Å²) < 4.78 is 1.96. The van der Waals surface area contributed by atoms with E-state index in [-0.39, 0.29) is 27.8 Å². The number of carbonyl (C=O) groups is 1. The molecular formula is C23H25ClN6O3S. The van der Waals surface area contributed by atoms with Crippen molar-refractivity contribution in [2.75, 3.05) is 5.75 Å². The maximum Gasteiger partial charge on any atom is 0.288 e. The van der Waals surface area contributed by atoms with Gasteiger partial charge >= 0.3 is 0 Å². The minimum Gasteiger partial charge on any atom is -0.302 e. The molecule has 0 aliphatic rings. The highest BCUT2D eigenvalue weighted by molar-refractivity contribution is 7.99. The monoisotopic (exact) mass is 500 g/mol. The number of hydrogen-bond acceptors (Lipinski definition) is 7. The van der Waals surface area contributed by atoms with Crippen molar-refractivity contribution in [3.8, 4) is 11.4 Å². The number of hydrogen-bond donors (Lipinski definition) is 1. The summed E-state index contributed by atoms with van der Waals surface area (Å²) in [7, 11) is 0. The Hall–Kier alpha value is -3.24. The molecule has 1 amide bonds. The number of thioether (sulfide) groups is 1. The second-order valence-corrected chi connectivity index (χ2v) is 9.78. The minimum atomic E-state index is -0.577. The molecule has 0 saturated carbocycles. The van der Waals surface area contributed by atoms with Crippen molar-refractivity contribution in [1.29, 1.82) is 0 Å². The number of nitrogens with zero attached hydrogens (tertiary/aromatic N) is 5. The topological polar surface area (TPSA) is 115 Å². The number of nitro benzene ring substituents is 1. The Bertz CT molecular complexity index is 1220. The van der Waals surface area contributed by atoms with E-state index in [4.69, 9.17) is 11.6 Å². The molecule has 0 unspecified atom stereocenters. The van der Waals surface area contributed by atoms with Crippen molar-refractivity contribution in [3.63, 3.8) is 0 Å². The number of carbonyl (C=O) groups excluding carboxylic acids is 1. The smallest absolute Gasteiger partial charge is 0.288 e. The number of rotatable bonds is 8. The number of nitrogens with one attached hydrogen (secondary N) is 1. The highest BCUT2D eigenvalue weighted by atomic mass is 35.5. The maximum atomic E-state index is 12.2. The third-order valence-electron chi connectivity index (χ3n) is 4.94. The van der Waals surface area contributed by atoms with Gasteiger partial charge in [-0.15, -0.1) is 10.2 Å². The third-order valence-corrected chi connectivity index (χ3v) is 6.23. The van der Waals surface area contributed by atoms with Crippen LogP contribution in [0.3, 0.4) is 0 Å². The van der Waals surface area contributed by atoms with Crippen molar-refractivity contribution < 1.29 is 9.72 Å². The molecule has 0 saturated heterocycles. The molecule has 2 aromatic carbocycles. The molecule has 0 aliphatic carbocycles. The normalized spacial score (nSPS) is 11.7. The molecule has 178 valence electrons. The lowest BCUT2D eigenvalue weighted by Crippen LogP contribution is -2.20. The fraction of sp³-hybridized carbons (Fsp3) is 0.304. The van der Waals surface area contributed by atoms with Crippen LogP contribution in [0.2, 0.25) is 5.02 Å². The van der Waals surface area contributed by atoms with Crippen LogP contribution in [0.5, 0.6) is 0 Å². The molecule has 0 aliphatic heterocycles. The van der Waals surface area contributed by atoms with Crippen LogP contribution in [0.25, 0.3) is 11.4 Å². The van der Waals surface area contributed by atoms with E-state index in [9.17, 15) is 14.9 Å². The summed E-state index contributed by atoms with van der Waals surface area (Å²) in [5.41, 5.74) is 4.88. The minimum absolute atomic E-state index is 0.0344. The fourth-order valence-corrected chi connectivity index (χ4v) is 4.09. The number of amides is 1. The summed E-state index contributed by atoms with van der Waals surface area (Å²) in [6, 6.07) is 12.5. The summed E-state index contributed by atoms with van der Waals surface area (Å²) in [5, 5.41) is 24.1. The van der Waals surface area contributed by atoms with E-state index in [2.05, 4.69) is 53.6 Å². The van der Waals surface area contributed by atoms with Crippen molar-refractivity contribution in [2.45, 2.75) is 44.8 Å². The van der Waals surface area contributed by atoms with E-state index in [0.29, 0.717) is 17.3 Å². The fourth-order valence-electron chi connectivity index (χ4n) is 3.10. The van der Waals surface area contributed by atoms with Crippen molar-refractivity contribution in [1.82, 2.24) is 20.2 Å². The van der Waals surface area contributed by atoms with Crippen LogP contribution >= 0.6 is 23.4 Å². The molecule has 1 heterocycles. The summed E-state index contributed by atoms with van der Waals surface area (Å²) in [6.45, 7) is 9.15. The third kappa shape index (κ3) is 6.21. The van der Waals surface area contributed by atoms with Gasteiger partial charge in [-0.2, -0.15) is 5.10 Å². The van der Waals surface area contributed by atoms with Gasteiger partial charge in [0.05, 0.1) is 16.9 Å². The lowest BCUT2D eigenvalue weighted by Gasteiger charge is -2.19. The molecule has 0 bridgehead atoms. The van der Waals surface area contributed by atoms with Crippen molar-refractivity contribution in [3.05, 3.63) is 68.7 Å². The van der Waals surface area contributed by atoms with Gasteiger partial charge in [-0.25, -0.2) is 5.43 Å². The molecule has 3 aromatic rings. The van der Waals surface area contributed by atoms with Crippen molar-refractivity contribution >= 4 is 41.2 Å². The van der Waals surface area contributed by atoms with Gasteiger partial charge in [0.2, 0.25) is 0 Å². The zero-order chi connectivity index (χ0) is 24.9. The predicted octanol–water partition coefficient (Wildman–Crippen LogP) is 5.07. The molecular weight excluding hydrogens is 476 g/mol. The molecule has 0 spiro atoms. The summed E-state index contributed by atoms with van der Waals surface area (Å²) in [5.74, 6) is 0.485. The Morgan fingerprint density at radius 1 is 1.24 bits per heavy atom. The second-order valence-electron chi connectivity index (χ2n) is 8.43. The van der Waals surface area contributed by atoms with Gasteiger partial charge < -0.3 is 4.57 Å². The zero-order valence-electron chi connectivity index (χ0n) is 19.3. The van der Waals surface area contributed by atoms with Crippen LogP contribution in [-0.4, -0.2) is 37.6 Å². The van der Waals surface area contributed by atoms with Crippen LogP contribution < -0.4 is 5.43 Å². The van der Waals surface area contributed by atoms with Gasteiger partial charge in [0.25, 0.3) is 11.6 Å². The lowest BCUT2D eigenvalue weighted by atomic mass is 9.87. The average Bonchev–Trinajstić information content (AvgIpc) is 3.21. The van der Waals surface area contributed by atoms with E-state index in [1.54, 1.807) is 6.07 Å². The first-order valence-corrected chi connectivity index (χ1v) is 11.9. The van der Waals surface area contributed by atoms with Gasteiger partial charge in [-0.05, 0) is 24.0 Å². The first kappa shape index (κ1) is 25.4. The van der Waals surface area contributed by atoms with Gasteiger partial charge in [0.1, 0.15) is 5.02 Å². The lowest BCUT2D eigenvalue weighted by molar-refractivity contribution is -0.384. The van der Waals surface area contributed by atoms with Gasteiger partial charge in [-0.3, -0.25) is 14.9 Å². The molecule has 11 heteroatoms. The molecule has 1 aromatic heterocycles. The zero-order valence-corrected chi connectivity index (χ0v) is 20.9. The Morgan fingerprint density at radius 3 is 2.56 bits per heavy atom. The Balaban J connectivity index is 1.62. The average molecular weight is 501 g/mol. The van der Waals surface area contributed by atoms with Gasteiger partial charge in [-0.1, -0.05) is 74.5 Å². The largest absolute Gasteiger partial charge is 0.302 e. The highest BCUT2D eigenvalue weighted by Crippen LogP contribution is 2.28. The Morgan fingerprint density at radius 2 is 1.94 bits per heavy atom. The summed E-state index contributed by atoms with van der Waals surface area (Å²) in [6.07, 6.45) is 1.32.